The molecule has 4 aromatic carbocycles. The highest BCUT2D eigenvalue weighted by Gasteiger charge is 2.25. The molecule has 1 N–H and O–H groups in total. The predicted octanol–water partition coefficient (Wildman–Crippen LogP) is 7.35. The molecule has 3 heteroatoms. The summed E-state index contributed by atoms with van der Waals surface area (Å²) < 4.78 is 19.5. The van der Waals surface area contributed by atoms with Crippen LogP contribution in [-0.2, 0) is 6.61 Å². The van der Waals surface area contributed by atoms with Gasteiger partial charge in [0.2, 0.25) is 0 Å². The molecule has 0 saturated heterocycles. The lowest BCUT2D eigenvalue weighted by atomic mass is 9.77. The Bertz CT molecular complexity index is 1150. The number of ether oxygens (including phenoxy) is 1. The second-order valence-electron chi connectivity index (χ2n) is 8.20. The Balaban J connectivity index is 1.65. The van der Waals surface area contributed by atoms with Crippen LogP contribution in [0.4, 0.5) is 4.39 Å². The van der Waals surface area contributed by atoms with Crippen LogP contribution in [0.15, 0.2) is 97.1 Å². The Labute approximate surface area is 189 Å². The zero-order chi connectivity index (χ0) is 22.5. The standard InChI is InChI=1S/C29H27FO2/c1-20-18-27(32-19-22-6-4-3-5-7-22)16-17-28(20)29(24-10-14-26(31)15-11-24)21(2)23-8-12-25(30)13-9-23/h3-18,21,29,31H,19H2,1-2H3/t21?,29-/m1/s1. The summed E-state index contributed by atoms with van der Waals surface area (Å²) in [5.74, 6) is 0.981. The molecule has 0 saturated carbocycles. The summed E-state index contributed by atoms with van der Waals surface area (Å²) in [6.07, 6.45) is 0. The van der Waals surface area contributed by atoms with Gasteiger partial charge in [-0.25, -0.2) is 4.39 Å². The van der Waals surface area contributed by atoms with Crippen molar-refractivity contribution in [1.29, 1.82) is 0 Å². The van der Waals surface area contributed by atoms with Crippen molar-refractivity contribution >= 4 is 0 Å². The molecule has 1 unspecified atom stereocenters. The molecule has 4 rings (SSSR count). The molecule has 0 bridgehead atoms. The van der Waals surface area contributed by atoms with Gasteiger partial charge in [0.25, 0.3) is 0 Å². The van der Waals surface area contributed by atoms with Crippen molar-refractivity contribution in [3.05, 3.63) is 131 Å². The maximum absolute atomic E-state index is 13.5. The lowest BCUT2D eigenvalue weighted by Crippen LogP contribution is -2.12. The number of hydrogen-bond acceptors (Lipinski definition) is 2. The van der Waals surface area contributed by atoms with Crippen molar-refractivity contribution in [3.63, 3.8) is 0 Å². The molecule has 0 amide bonds. The van der Waals surface area contributed by atoms with Crippen LogP contribution in [0.3, 0.4) is 0 Å². The normalized spacial score (nSPS) is 12.8. The Morgan fingerprint density at radius 3 is 2.12 bits per heavy atom. The molecule has 0 aliphatic heterocycles. The maximum atomic E-state index is 13.5. The van der Waals surface area contributed by atoms with E-state index >= 15 is 0 Å². The van der Waals surface area contributed by atoms with E-state index in [4.69, 9.17) is 4.74 Å². The van der Waals surface area contributed by atoms with Gasteiger partial charge in [-0.05, 0) is 77.1 Å². The maximum Gasteiger partial charge on any atom is 0.123 e. The van der Waals surface area contributed by atoms with Gasteiger partial charge >= 0.3 is 0 Å². The third-order valence-electron chi connectivity index (χ3n) is 5.97. The quantitative estimate of drug-likeness (QED) is 0.335. The zero-order valence-electron chi connectivity index (χ0n) is 18.3. The summed E-state index contributed by atoms with van der Waals surface area (Å²) >= 11 is 0. The van der Waals surface area contributed by atoms with E-state index in [-0.39, 0.29) is 23.4 Å². The van der Waals surface area contributed by atoms with Crippen LogP contribution in [0, 0.1) is 12.7 Å². The Kier molecular flexibility index (Phi) is 6.55. The topological polar surface area (TPSA) is 29.5 Å². The zero-order valence-corrected chi connectivity index (χ0v) is 18.3. The predicted molar refractivity (Wildman–Crippen MR) is 127 cm³/mol. The molecule has 2 atom stereocenters. The minimum Gasteiger partial charge on any atom is -0.508 e. The number of aryl methyl sites for hydroxylation is 1. The molecule has 0 aliphatic carbocycles. The van der Waals surface area contributed by atoms with Crippen LogP contribution in [0.25, 0.3) is 0 Å². The first-order valence-electron chi connectivity index (χ1n) is 10.8. The van der Waals surface area contributed by atoms with Crippen molar-refractivity contribution in [1.82, 2.24) is 0 Å². The monoisotopic (exact) mass is 426 g/mol. The summed E-state index contributed by atoms with van der Waals surface area (Å²) in [7, 11) is 0. The highest BCUT2D eigenvalue weighted by molar-refractivity contribution is 5.45. The lowest BCUT2D eigenvalue weighted by Gasteiger charge is -2.27. The lowest BCUT2D eigenvalue weighted by molar-refractivity contribution is 0.306. The minimum absolute atomic E-state index is 0.0456. The van der Waals surface area contributed by atoms with Crippen LogP contribution in [0.5, 0.6) is 11.5 Å². The fraction of sp³-hybridized carbons (Fsp3) is 0.172. The molecule has 0 aliphatic rings. The van der Waals surface area contributed by atoms with Gasteiger partial charge < -0.3 is 9.84 Å². The fourth-order valence-electron chi connectivity index (χ4n) is 4.21. The first-order chi connectivity index (χ1) is 15.5. The summed E-state index contributed by atoms with van der Waals surface area (Å²) in [4.78, 5) is 0. The van der Waals surface area contributed by atoms with Crippen LogP contribution in [0.2, 0.25) is 0 Å². The third kappa shape index (κ3) is 5.00. The summed E-state index contributed by atoms with van der Waals surface area (Å²) in [6.45, 7) is 4.77. The number of hydrogen-bond donors (Lipinski definition) is 1. The average molecular weight is 427 g/mol. The molecule has 4 aromatic rings. The van der Waals surface area contributed by atoms with E-state index in [0.717, 1.165) is 28.0 Å². The van der Waals surface area contributed by atoms with E-state index < -0.39 is 0 Å². The Morgan fingerprint density at radius 1 is 0.812 bits per heavy atom. The molecule has 32 heavy (non-hydrogen) atoms. The van der Waals surface area contributed by atoms with E-state index in [0.29, 0.717) is 6.61 Å². The number of benzene rings is 4. The molecule has 0 heterocycles. The van der Waals surface area contributed by atoms with Gasteiger partial charge in [0, 0.05) is 5.92 Å². The molecule has 0 fully saturated rings. The SMILES string of the molecule is Cc1cc(OCc2ccccc2)ccc1[C@@H](c1ccc(O)cc1)C(C)c1ccc(F)cc1. The van der Waals surface area contributed by atoms with Crippen molar-refractivity contribution < 1.29 is 14.2 Å². The number of halogens is 1. The van der Waals surface area contributed by atoms with E-state index in [1.165, 1.54) is 17.7 Å². The van der Waals surface area contributed by atoms with Gasteiger partial charge in [-0.3, -0.25) is 0 Å². The van der Waals surface area contributed by atoms with Gasteiger partial charge in [-0.15, -0.1) is 0 Å². The Morgan fingerprint density at radius 2 is 1.47 bits per heavy atom. The van der Waals surface area contributed by atoms with Crippen molar-refractivity contribution in [3.8, 4) is 11.5 Å². The van der Waals surface area contributed by atoms with Crippen LogP contribution in [0.1, 0.15) is 46.6 Å². The first-order valence-corrected chi connectivity index (χ1v) is 10.8. The molecular formula is C29H27FO2. The van der Waals surface area contributed by atoms with E-state index in [9.17, 15) is 9.50 Å². The molecule has 162 valence electrons. The third-order valence-corrected chi connectivity index (χ3v) is 5.97. The fourth-order valence-corrected chi connectivity index (χ4v) is 4.21. The van der Waals surface area contributed by atoms with Gasteiger partial charge in [0.15, 0.2) is 0 Å². The highest BCUT2D eigenvalue weighted by atomic mass is 19.1. The van der Waals surface area contributed by atoms with Gasteiger partial charge in [-0.1, -0.05) is 67.6 Å². The first kappa shape index (κ1) is 21.6. The van der Waals surface area contributed by atoms with Crippen LogP contribution < -0.4 is 4.74 Å². The number of rotatable bonds is 7. The summed E-state index contributed by atoms with van der Waals surface area (Å²) in [5.41, 5.74) is 5.59. The molecule has 0 aromatic heterocycles. The van der Waals surface area contributed by atoms with E-state index in [1.807, 2.05) is 60.7 Å². The van der Waals surface area contributed by atoms with Crippen LogP contribution >= 0.6 is 0 Å². The largest absolute Gasteiger partial charge is 0.508 e. The second-order valence-corrected chi connectivity index (χ2v) is 8.20. The number of phenolic OH excluding ortho intramolecular Hbond substituents is 1. The van der Waals surface area contributed by atoms with Crippen LogP contribution in [-0.4, -0.2) is 5.11 Å². The molecule has 0 spiro atoms. The van der Waals surface area contributed by atoms with Crippen molar-refractivity contribution in [2.75, 3.05) is 0 Å². The average Bonchev–Trinajstić information content (AvgIpc) is 2.81. The van der Waals surface area contributed by atoms with Gasteiger partial charge in [0.05, 0.1) is 0 Å². The van der Waals surface area contributed by atoms with E-state index in [2.05, 4.69) is 26.0 Å². The second kappa shape index (κ2) is 9.69. The summed E-state index contributed by atoms with van der Waals surface area (Å²) in [5, 5.41) is 9.78. The van der Waals surface area contributed by atoms with Gasteiger partial charge in [-0.2, -0.15) is 0 Å². The van der Waals surface area contributed by atoms with Gasteiger partial charge in [0.1, 0.15) is 23.9 Å². The van der Waals surface area contributed by atoms with Crippen molar-refractivity contribution in [2.45, 2.75) is 32.3 Å². The van der Waals surface area contributed by atoms with E-state index in [1.54, 1.807) is 12.1 Å². The molecular weight excluding hydrogens is 399 g/mol. The van der Waals surface area contributed by atoms with Crippen molar-refractivity contribution in [2.24, 2.45) is 0 Å². The number of phenols is 1. The highest BCUT2D eigenvalue weighted by Crippen LogP contribution is 2.40. The minimum atomic E-state index is -0.238. The number of aromatic hydroxyl groups is 1. The molecule has 0 radical (unpaired) electrons. The summed E-state index contributed by atoms with van der Waals surface area (Å²) in [6, 6.07) is 30.4. The Hall–Kier alpha value is -3.59. The molecule has 2 nitrogen and oxygen atoms in total. The smallest absolute Gasteiger partial charge is 0.123 e.